The van der Waals surface area contributed by atoms with E-state index in [-0.39, 0.29) is 11.3 Å². The van der Waals surface area contributed by atoms with E-state index in [2.05, 4.69) is 4.98 Å². The number of halogens is 2. The number of aromatic nitrogens is 1. The molecule has 0 unspecified atom stereocenters. The molecule has 0 spiro atoms. The number of H-pyrrole nitrogens is 1. The Labute approximate surface area is 101 Å². The van der Waals surface area contributed by atoms with Crippen molar-refractivity contribution >= 4 is 23.2 Å². The molecular formula is C11H7Cl2NO2. The van der Waals surface area contributed by atoms with E-state index < -0.39 is 5.56 Å². The first-order valence-corrected chi connectivity index (χ1v) is 5.22. The maximum absolute atomic E-state index is 11.6. The van der Waals surface area contributed by atoms with Gasteiger partial charge < -0.3 is 10.1 Å². The van der Waals surface area contributed by atoms with Gasteiger partial charge in [-0.25, -0.2) is 0 Å². The molecule has 0 radical (unpaired) electrons. The third-order valence-corrected chi connectivity index (χ3v) is 2.78. The second-order valence-corrected chi connectivity index (χ2v) is 3.98. The number of pyridine rings is 1. The maximum atomic E-state index is 11.6. The summed E-state index contributed by atoms with van der Waals surface area (Å²) in [7, 11) is 0. The van der Waals surface area contributed by atoms with Crippen LogP contribution >= 0.6 is 23.2 Å². The van der Waals surface area contributed by atoms with Crippen LogP contribution < -0.4 is 5.56 Å². The van der Waals surface area contributed by atoms with E-state index in [1.54, 1.807) is 18.2 Å². The molecule has 0 fully saturated rings. The van der Waals surface area contributed by atoms with Gasteiger partial charge in [0.15, 0.2) is 0 Å². The molecule has 0 saturated carbocycles. The summed E-state index contributed by atoms with van der Waals surface area (Å²) in [4.78, 5) is 14.1. The third kappa shape index (κ3) is 1.79. The molecule has 1 aromatic carbocycles. The lowest BCUT2D eigenvalue weighted by atomic mass is 10.1. The minimum Gasteiger partial charge on any atom is -0.507 e. The Morgan fingerprint density at radius 3 is 2.25 bits per heavy atom. The Bertz CT molecular complexity index is 573. The zero-order valence-electron chi connectivity index (χ0n) is 8.00. The van der Waals surface area contributed by atoms with Crippen LogP contribution in [-0.2, 0) is 0 Å². The molecule has 2 aromatic rings. The van der Waals surface area contributed by atoms with Crippen LogP contribution in [0.2, 0.25) is 10.0 Å². The minimum absolute atomic E-state index is 0.0816. The molecule has 16 heavy (non-hydrogen) atoms. The fourth-order valence-electron chi connectivity index (χ4n) is 1.45. The van der Waals surface area contributed by atoms with Gasteiger partial charge in [-0.05, 0) is 18.2 Å². The normalized spacial score (nSPS) is 10.4. The van der Waals surface area contributed by atoms with E-state index >= 15 is 0 Å². The molecule has 0 bridgehead atoms. The summed E-state index contributed by atoms with van der Waals surface area (Å²) < 4.78 is 0. The van der Waals surface area contributed by atoms with Gasteiger partial charge in [-0.1, -0.05) is 29.3 Å². The summed E-state index contributed by atoms with van der Waals surface area (Å²) in [6.07, 6.45) is 1.35. The number of rotatable bonds is 1. The molecule has 5 heteroatoms. The molecule has 0 amide bonds. The van der Waals surface area contributed by atoms with Gasteiger partial charge in [-0.3, -0.25) is 4.79 Å². The number of hydrogen-bond donors (Lipinski definition) is 2. The van der Waals surface area contributed by atoms with Gasteiger partial charge >= 0.3 is 0 Å². The third-order valence-electron chi connectivity index (χ3n) is 2.15. The Morgan fingerprint density at radius 1 is 1.06 bits per heavy atom. The Morgan fingerprint density at radius 2 is 1.69 bits per heavy atom. The van der Waals surface area contributed by atoms with Crippen molar-refractivity contribution in [2.24, 2.45) is 0 Å². The van der Waals surface area contributed by atoms with Crippen LogP contribution in [0.4, 0.5) is 0 Å². The van der Waals surface area contributed by atoms with Crippen molar-refractivity contribution in [1.82, 2.24) is 4.98 Å². The molecule has 82 valence electrons. The predicted octanol–water partition coefficient (Wildman–Crippen LogP) is 3.05. The number of aromatic amines is 1. The van der Waals surface area contributed by atoms with Crippen molar-refractivity contribution in [1.29, 1.82) is 0 Å². The van der Waals surface area contributed by atoms with E-state index in [9.17, 15) is 9.90 Å². The van der Waals surface area contributed by atoms with Crippen molar-refractivity contribution in [3.8, 4) is 16.9 Å². The predicted molar refractivity (Wildman–Crippen MR) is 64.2 cm³/mol. The van der Waals surface area contributed by atoms with Gasteiger partial charge in [0.1, 0.15) is 5.75 Å². The average molecular weight is 256 g/mol. The number of hydrogen-bond acceptors (Lipinski definition) is 2. The van der Waals surface area contributed by atoms with Gasteiger partial charge in [0.25, 0.3) is 5.56 Å². The first-order valence-electron chi connectivity index (χ1n) is 4.46. The quantitative estimate of drug-likeness (QED) is 0.823. The monoisotopic (exact) mass is 255 g/mol. The largest absolute Gasteiger partial charge is 0.507 e. The van der Waals surface area contributed by atoms with E-state index in [1.807, 2.05) is 0 Å². The highest BCUT2D eigenvalue weighted by molar-refractivity contribution is 6.39. The van der Waals surface area contributed by atoms with Gasteiger partial charge in [0, 0.05) is 11.8 Å². The van der Waals surface area contributed by atoms with Crippen molar-refractivity contribution in [2.45, 2.75) is 0 Å². The van der Waals surface area contributed by atoms with Crippen LogP contribution in [-0.4, -0.2) is 10.1 Å². The highest BCUT2D eigenvalue weighted by atomic mass is 35.5. The molecule has 0 saturated heterocycles. The van der Waals surface area contributed by atoms with Crippen molar-refractivity contribution in [3.63, 3.8) is 0 Å². The van der Waals surface area contributed by atoms with Crippen molar-refractivity contribution < 1.29 is 5.11 Å². The zero-order chi connectivity index (χ0) is 11.7. The van der Waals surface area contributed by atoms with Crippen LogP contribution in [0.3, 0.4) is 0 Å². The molecule has 2 rings (SSSR count). The van der Waals surface area contributed by atoms with Crippen LogP contribution in [0.5, 0.6) is 5.75 Å². The fourth-order valence-corrected chi connectivity index (χ4v) is 2.03. The number of aromatic hydroxyl groups is 1. The van der Waals surface area contributed by atoms with E-state index in [0.29, 0.717) is 15.6 Å². The lowest BCUT2D eigenvalue weighted by Gasteiger charge is -2.07. The first kappa shape index (κ1) is 11.0. The summed E-state index contributed by atoms with van der Waals surface area (Å²) in [5, 5.41) is 10.3. The van der Waals surface area contributed by atoms with Crippen molar-refractivity contribution in [3.05, 3.63) is 50.9 Å². The average Bonchev–Trinajstić information content (AvgIpc) is 2.21. The Balaban J connectivity index is 2.83. The van der Waals surface area contributed by atoms with E-state index in [4.69, 9.17) is 23.2 Å². The summed E-state index contributed by atoms with van der Waals surface area (Å²) in [6, 6.07) is 6.25. The second-order valence-electron chi connectivity index (χ2n) is 3.16. The molecule has 0 atom stereocenters. The molecule has 0 aliphatic carbocycles. The molecule has 3 nitrogen and oxygen atoms in total. The highest BCUT2D eigenvalue weighted by Gasteiger charge is 2.15. The second kappa shape index (κ2) is 4.20. The SMILES string of the molecule is O=c1[nH]ccc(O)c1-c1c(Cl)cccc1Cl. The molecular weight excluding hydrogens is 249 g/mol. The van der Waals surface area contributed by atoms with Crippen LogP contribution in [0, 0.1) is 0 Å². The smallest absolute Gasteiger partial charge is 0.259 e. The lowest BCUT2D eigenvalue weighted by Crippen LogP contribution is -2.08. The number of benzene rings is 1. The van der Waals surface area contributed by atoms with Gasteiger partial charge in [0.2, 0.25) is 0 Å². The van der Waals surface area contributed by atoms with Gasteiger partial charge in [-0.2, -0.15) is 0 Å². The van der Waals surface area contributed by atoms with Crippen LogP contribution in [0.15, 0.2) is 35.3 Å². The Hall–Kier alpha value is -1.45. The Kier molecular flexibility index (Phi) is 2.90. The van der Waals surface area contributed by atoms with E-state index in [1.165, 1.54) is 12.3 Å². The first-order chi connectivity index (χ1) is 7.61. The molecule has 0 aliphatic heterocycles. The van der Waals surface area contributed by atoms with Crippen molar-refractivity contribution in [2.75, 3.05) is 0 Å². The van der Waals surface area contributed by atoms with Crippen LogP contribution in [0.25, 0.3) is 11.1 Å². The number of nitrogens with one attached hydrogen (secondary N) is 1. The van der Waals surface area contributed by atoms with Gasteiger partial charge in [0.05, 0.1) is 15.6 Å². The highest BCUT2D eigenvalue weighted by Crippen LogP contribution is 2.36. The van der Waals surface area contributed by atoms with E-state index in [0.717, 1.165) is 0 Å². The minimum atomic E-state index is -0.435. The molecule has 0 aliphatic rings. The summed E-state index contributed by atoms with van der Waals surface area (Å²) in [5.41, 5.74) is -0.0155. The standard InChI is InChI=1S/C11H7Cl2NO2/c12-6-2-1-3-7(13)9(6)10-8(15)4-5-14-11(10)16/h1-5H,(H2,14,15,16). The van der Waals surface area contributed by atoms with Gasteiger partial charge in [-0.15, -0.1) is 0 Å². The summed E-state index contributed by atoms with van der Waals surface area (Å²) in [5.74, 6) is -0.154. The zero-order valence-corrected chi connectivity index (χ0v) is 9.51. The maximum Gasteiger partial charge on any atom is 0.259 e. The molecule has 2 N–H and O–H groups in total. The summed E-state index contributed by atoms with van der Waals surface area (Å²) >= 11 is 11.9. The molecule has 1 aromatic heterocycles. The topological polar surface area (TPSA) is 53.1 Å². The fraction of sp³-hybridized carbons (Fsp3) is 0. The van der Waals surface area contributed by atoms with Crippen LogP contribution in [0.1, 0.15) is 0 Å². The lowest BCUT2D eigenvalue weighted by molar-refractivity contribution is 0.476. The molecule has 1 heterocycles. The summed E-state index contributed by atoms with van der Waals surface area (Å²) in [6.45, 7) is 0.